The van der Waals surface area contributed by atoms with E-state index in [0.29, 0.717) is 12.0 Å². The van der Waals surface area contributed by atoms with E-state index in [9.17, 15) is 13.2 Å². The summed E-state index contributed by atoms with van der Waals surface area (Å²) >= 11 is 5.68. The molecule has 1 heterocycles. The molecule has 0 aliphatic heterocycles. The van der Waals surface area contributed by atoms with Crippen molar-refractivity contribution in [1.29, 1.82) is 0 Å². The van der Waals surface area contributed by atoms with Crippen LogP contribution in [0.1, 0.15) is 18.4 Å². The molecule has 0 amide bonds. The lowest BCUT2D eigenvalue weighted by molar-refractivity contribution is -0.137. The minimum absolute atomic E-state index is 0.0163. The minimum atomic E-state index is -4.47. The molecule has 1 aromatic carbocycles. The smallest absolute Gasteiger partial charge is 0.353 e. The number of nitrogens with zero attached hydrogens (tertiary/aromatic N) is 2. The van der Waals surface area contributed by atoms with Gasteiger partial charge in [-0.15, -0.1) is 0 Å². The number of anilines is 1. The van der Waals surface area contributed by atoms with Gasteiger partial charge in [-0.1, -0.05) is 11.6 Å². The topological polar surface area (TPSA) is 29.9 Å². The fraction of sp³-hybridized carbons (Fsp3) is 0.308. The van der Waals surface area contributed by atoms with Crippen LogP contribution in [-0.4, -0.2) is 15.6 Å². The van der Waals surface area contributed by atoms with E-state index < -0.39 is 11.7 Å². The lowest BCUT2D eigenvalue weighted by Crippen LogP contribution is -2.13. The molecule has 1 aliphatic carbocycles. The minimum Gasteiger partial charge on any atom is -0.353 e. The zero-order valence-electron chi connectivity index (χ0n) is 10.3. The van der Waals surface area contributed by atoms with Crippen LogP contribution in [0.4, 0.5) is 19.1 Å². The first kappa shape index (κ1) is 13.3. The van der Waals surface area contributed by atoms with Crippen molar-refractivity contribution in [3.8, 4) is 5.69 Å². The molecular formula is C13H11ClF3N3. The van der Waals surface area contributed by atoms with Gasteiger partial charge in [-0.3, -0.25) is 4.57 Å². The maximum absolute atomic E-state index is 13.1. The van der Waals surface area contributed by atoms with Gasteiger partial charge in [0, 0.05) is 23.5 Å². The molecule has 3 nitrogen and oxygen atoms in total. The number of nitrogens with one attached hydrogen (secondary N) is 1. The van der Waals surface area contributed by atoms with Crippen LogP contribution in [0.3, 0.4) is 0 Å². The van der Waals surface area contributed by atoms with Gasteiger partial charge in [-0.2, -0.15) is 13.2 Å². The Morgan fingerprint density at radius 3 is 2.70 bits per heavy atom. The summed E-state index contributed by atoms with van der Waals surface area (Å²) in [5.41, 5.74) is -0.760. The maximum Gasteiger partial charge on any atom is 0.418 e. The highest BCUT2D eigenvalue weighted by molar-refractivity contribution is 6.30. The van der Waals surface area contributed by atoms with Gasteiger partial charge in [-0.25, -0.2) is 4.98 Å². The number of benzene rings is 1. The summed E-state index contributed by atoms with van der Waals surface area (Å²) < 4.78 is 40.7. The third-order valence-electron chi connectivity index (χ3n) is 3.07. The van der Waals surface area contributed by atoms with Crippen LogP contribution < -0.4 is 5.32 Å². The Balaban J connectivity index is 2.07. The predicted molar refractivity (Wildman–Crippen MR) is 70.2 cm³/mol. The molecule has 1 aromatic heterocycles. The molecule has 0 atom stereocenters. The summed E-state index contributed by atoms with van der Waals surface area (Å²) in [6.45, 7) is 0. The van der Waals surface area contributed by atoms with Crippen LogP contribution in [0.2, 0.25) is 5.02 Å². The van der Waals surface area contributed by atoms with E-state index in [-0.39, 0.29) is 10.7 Å². The van der Waals surface area contributed by atoms with Gasteiger partial charge in [0.25, 0.3) is 0 Å². The van der Waals surface area contributed by atoms with Gasteiger partial charge in [-0.05, 0) is 31.0 Å². The van der Waals surface area contributed by atoms with Crippen molar-refractivity contribution in [2.45, 2.75) is 25.1 Å². The lowest BCUT2D eigenvalue weighted by atomic mass is 10.1. The molecule has 0 unspecified atom stereocenters. The number of hydrogen-bond donors (Lipinski definition) is 1. The highest BCUT2D eigenvalue weighted by Crippen LogP contribution is 2.36. The molecule has 0 radical (unpaired) electrons. The van der Waals surface area contributed by atoms with Crippen LogP contribution in [0.15, 0.2) is 30.6 Å². The normalized spacial score (nSPS) is 15.4. The van der Waals surface area contributed by atoms with E-state index in [0.717, 1.165) is 18.9 Å². The highest BCUT2D eigenvalue weighted by atomic mass is 35.5. The van der Waals surface area contributed by atoms with Crippen LogP contribution in [0.25, 0.3) is 5.69 Å². The fourth-order valence-electron chi connectivity index (χ4n) is 1.96. The quantitative estimate of drug-likeness (QED) is 0.924. The number of hydrogen-bond acceptors (Lipinski definition) is 2. The van der Waals surface area contributed by atoms with Crippen LogP contribution in [0.5, 0.6) is 0 Å². The molecule has 0 bridgehead atoms. The summed E-state index contributed by atoms with van der Waals surface area (Å²) in [6.07, 6.45) is 0.531. The van der Waals surface area contributed by atoms with Crippen molar-refractivity contribution < 1.29 is 13.2 Å². The van der Waals surface area contributed by atoms with Gasteiger partial charge in [0.2, 0.25) is 5.95 Å². The Morgan fingerprint density at radius 2 is 2.05 bits per heavy atom. The van der Waals surface area contributed by atoms with E-state index >= 15 is 0 Å². The average Bonchev–Trinajstić information content (AvgIpc) is 3.06. The molecule has 7 heteroatoms. The summed E-state index contributed by atoms with van der Waals surface area (Å²) in [5, 5.41) is 3.16. The number of aromatic nitrogens is 2. The molecule has 1 saturated carbocycles. The first-order valence-corrected chi connectivity index (χ1v) is 6.50. The second-order valence-electron chi connectivity index (χ2n) is 4.70. The Kier molecular flexibility index (Phi) is 3.12. The molecule has 20 heavy (non-hydrogen) atoms. The molecule has 1 fully saturated rings. The zero-order chi connectivity index (χ0) is 14.3. The first-order chi connectivity index (χ1) is 9.45. The Bertz CT molecular complexity index is 632. The molecule has 0 spiro atoms. The maximum atomic E-state index is 13.1. The Hall–Kier alpha value is -1.69. The van der Waals surface area contributed by atoms with Crippen LogP contribution in [-0.2, 0) is 6.18 Å². The van der Waals surface area contributed by atoms with Crippen molar-refractivity contribution >= 4 is 17.5 Å². The highest BCUT2D eigenvalue weighted by Gasteiger charge is 2.35. The number of alkyl halides is 3. The molecule has 1 N–H and O–H groups in total. The largest absolute Gasteiger partial charge is 0.418 e. The fourth-order valence-corrected chi connectivity index (χ4v) is 2.13. The van der Waals surface area contributed by atoms with E-state index in [1.165, 1.54) is 29.1 Å². The van der Waals surface area contributed by atoms with Crippen molar-refractivity contribution in [3.63, 3.8) is 0 Å². The molecule has 106 valence electrons. The molecular weight excluding hydrogens is 291 g/mol. The Morgan fingerprint density at radius 1 is 1.30 bits per heavy atom. The monoisotopic (exact) mass is 301 g/mol. The summed E-state index contributed by atoms with van der Waals surface area (Å²) in [7, 11) is 0. The zero-order valence-corrected chi connectivity index (χ0v) is 11.0. The van der Waals surface area contributed by atoms with Crippen LogP contribution in [0, 0.1) is 0 Å². The summed E-state index contributed by atoms with van der Waals surface area (Å²) in [6, 6.07) is 4.02. The molecule has 3 rings (SSSR count). The standard InChI is InChI=1S/C13H11ClF3N3/c14-8-1-4-11(10(7-8)13(15,16)17)20-6-5-18-12(20)19-9-2-3-9/h1,4-7,9H,2-3H2,(H,18,19). The van der Waals surface area contributed by atoms with Gasteiger partial charge < -0.3 is 5.32 Å². The third kappa shape index (κ3) is 2.60. The van der Waals surface area contributed by atoms with E-state index in [1.807, 2.05) is 0 Å². The molecule has 2 aromatic rings. The number of imidazole rings is 1. The van der Waals surface area contributed by atoms with Gasteiger partial charge in [0.15, 0.2) is 0 Å². The first-order valence-electron chi connectivity index (χ1n) is 6.12. The summed E-state index contributed by atoms with van der Waals surface area (Å²) in [4.78, 5) is 4.07. The predicted octanol–water partition coefficient (Wildman–Crippen LogP) is 4.12. The average molecular weight is 302 g/mol. The van der Waals surface area contributed by atoms with Crippen LogP contribution >= 0.6 is 11.6 Å². The van der Waals surface area contributed by atoms with E-state index in [1.54, 1.807) is 0 Å². The Labute approximate surface area is 118 Å². The number of halogens is 4. The van der Waals surface area contributed by atoms with Gasteiger partial charge >= 0.3 is 6.18 Å². The second kappa shape index (κ2) is 4.70. The van der Waals surface area contributed by atoms with Crippen molar-refractivity contribution in [1.82, 2.24) is 9.55 Å². The van der Waals surface area contributed by atoms with Crippen molar-refractivity contribution in [2.24, 2.45) is 0 Å². The summed E-state index contributed by atoms with van der Waals surface area (Å²) in [5.74, 6) is 0.417. The van der Waals surface area contributed by atoms with E-state index in [4.69, 9.17) is 11.6 Å². The van der Waals surface area contributed by atoms with Crippen molar-refractivity contribution in [2.75, 3.05) is 5.32 Å². The molecule has 1 aliphatic rings. The second-order valence-corrected chi connectivity index (χ2v) is 5.14. The number of rotatable bonds is 3. The third-order valence-corrected chi connectivity index (χ3v) is 3.31. The van der Waals surface area contributed by atoms with Gasteiger partial charge in [0.1, 0.15) is 0 Å². The van der Waals surface area contributed by atoms with Crippen molar-refractivity contribution in [3.05, 3.63) is 41.2 Å². The van der Waals surface area contributed by atoms with E-state index in [2.05, 4.69) is 10.3 Å². The molecule has 0 saturated heterocycles. The SMILES string of the molecule is FC(F)(F)c1cc(Cl)ccc1-n1ccnc1NC1CC1. The lowest BCUT2D eigenvalue weighted by Gasteiger charge is -2.16. The van der Waals surface area contributed by atoms with Gasteiger partial charge in [0.05, 0.1) is 11.3 Å².